The van der Waals surface area contributed by atoms with E-state index in [0.29, 0.717) is 6.42 Å². The molecule has 0 aliphatic carbocycles. The van der Waals surface area contributed by atoms with E-state index in [-0.39, 0.29) is 0 Å². The maximum atomic E-state index is 10.6. The molecule has 0 saturated heterocycles. The molecule has 0 aliphatic rings. The first-order chi connectivity index (χ1) is 6.11. The van der Waals surface area contributed by atoms with Crippen molar-refractivity contribution in [3.8, 4) is 0 Å². The largest absolute Gasteiger partial charge is 0.480 e. The van der Waals surface area contributed by atoms with E-state index in [1.54, 1.807) is 6.92 Å². The summed E-state index contributed by atoms with van der Waals surface area (Å²) >= 11 is 1.09. The Bertz CT molecular complexity index is 212. The fraction of sp³-hybridized carbons (Fsp3) is 0.500. The molecule has 5 heteroatoms. The van der Waals surface area contributed by atoms with Crippen molar-refractivity contribution in [2.24, 2.45) is 0 Å². The van der Waals surface area contributed by atoms with Crippen LogP contribution in [0.15, 0.2) is 11.5 Å². The molecular formula is C8H12O4S. The molecule has 0 bridgehead atoms. The molecule has 0 spiro atoms. The van der Waals surface area contributed by atoms with Crippen molar-refractivity contribution in [2.45, 2.75) is 18.6 Å². The number of carbonyl (C=O) groups is 2. The predicted octanol–water partition coefficient (Wildman–Crippen LogP) is 1.27. The lowest BCUT2D eigenvalue weighted by Gasteiger charge is -2.03. The van der Waals surface area contributed by atoms with Gasteiger partial charge in [0, 0.05) is 6.08 Å². The lowest BCUT2D eigenvalue weighted by molar-refractivity contribution is -0.136. The molecule has 0 saturated carbocycles. The summed E-state index contributed by atoms with van der Waals surface area (Å²) in [5.41, 5.74) is 0. The average Bonchev–Trinajstić information content (AvgIpc) is 2.11. The molecule has 0 aromatic rings. The normalized spacial score (nSPS) is 12.8. The second-order valence-corrected chi connectivity index (χ2v) is 3.31. The van der Waals surface area contributed by atoms with E-state index in [1.807, 2.05) is 0 Å². The van der Waals surface area contributed by atoms with Gasteiger partial charge >= 0.3 is 11.9 Å². The Kier molecular flexibility index (Phi) is 6.05. The average molecular weight is 204 g/mol. The van der Waals surface area contributed by atoms with Crippen LogP contribution < -0.4 is 0 Å². The Labute approximate surface area is 81.0 Å². The summed E-state index contributed by atoms with van der Waals surface area (Å²) in [5, 5.41) is 9.56. The number of aliphatic carboxylic acids is 1. The van der Waals surface area contributed by atoms with Crippen molar-refractivity contribution < 1.29 is 19.4 Å². The number of hydrogen-bond donors (Lipinski definition) is 1. The van der Waals surface area contributed by atoms with Crippen LogP contribution in [0.5, 0.6) is 0 Å². The maximum absolute atomic E-state index is 10.6. The minimum atomic E-state index is -0.873. The summed E-state index contributed by atoms with van der Waals surface area (Å²) in [4.78, 5) is 21.1. The Morgan fingerprint density at radius 2 is 2.23 bits per heavy atom. The Hall–Kier alpha value is -0.970. The zero-order valence-electron chi connectivity index (χ0n) is 7.52. The van der Waals surface area contributed by atoms with Gasteiger partial charge in [-0.25, -0.2) is 4.79 Å². The van der Waals surface area contributed by atoms with Crippen LogP contribution in [0.2, 0.25) is 0 Å². The second kappa shape index (κ2) is 6.54. The van der Waals surface area contributed by atoms with Crippen LogP contribution in [-0.4, -0.2) is 29.4 Å². The minimum absolute atomic E-state index is 0.479. The van der Waals surface area contributed by atoms with Crippen LogP contribution in [0.4, 0.5) is 0 Å². The predicted molar refractivity (Wildman–Crippen MR) is 50.5 cm³/mol. The van der Waals surface area contributed by atoms with Crippen molar-refractivity contribution in [3.63, 3.8) is 0 Å². The van der Waals surface area contributed by atoms with Gasteiger partial charge in [0.05, 0.1) is 7.11 Å². The number of carboxylic acid groups (broad SMARTS) is 1. The zero-order chi connectivity index (χ0) is 10.3. The van der Waals surface area contributed by atoms with Crippen molar-refractivity contribution in [1.29, 1.82) is 0 Å². The molecule has 0 rings (SSSR count). The van der Waals surface area contributed by atoms with Gasteiger partial charge in [-0.1, -0.05) is 6.92 Å². The second-order valence-electron chi connectivity index (χ2n) is 2.20. The summed E-state index contributed by atoms with van der Waals surface area (Å²) in [7, 11) is 1.27. The van der Waals surface area contributed by atoms with Gasteiger partial charge in [0.15, 0.2) is 0 Å². The highest BCUT2D eigenvalue weighted by atomic mass is 32.2. The van der Waals surface area contributed by atoms with Crippen molar-refractivity contribution >= 4 is 23.7 Å². The summed E-state index contributed by atoms with van der Waals surface area (Å²) in [6.45, 7) is 1.78. The third kappa shape index (κ3) is 5.30. The lowest BCUT2D eigenvalue weighted by Crippen LogP contribution is -2.13. The van der Waals surface area contributed by atoms with Gasteiger partial charge < -0.3 is 9.84 Å². The van der Waals surface area contributed by atoms with E-state index in [2.05, 4.69) is 4.74 Å². The minimum Gasteiger partial charge on any atom is -0.480 e. The van der Waals surface area contributed by atoms with Crippen LogP contribution in [0.3, 0.4) is 0 Å². The lowest BCUT2D eigenvalue weighted by atomic mass is 10.3. The number of methoxy groups -OCH3 is 1. The standard InChI is InChI=1S/C8H12O4S/c1-3-6(8(10)11)13-5-4-7(9)12-2/h4-6H,3H2,1-2H3,(H,10,11)/b5-4-. The molecule has 1 unspecified atom stereocenters. The number of esters is 1. The van der Waals surface area contributed by atoms with Gasteiger partial charge in [0.2, 0.25) is 0 Å². The van der Waals surface area contributed by atoms with Crippen molar-refractivity contribution in [2.75, 3.05) is 7.11 Å². The fourth-order valence-electron chi connectivity index (χ4n) is 0.587. The van der Waals surface area contributed by atoms with Crippen LogP contribution in [0.1, 0.15) is 13.3 Å². The first kappa shape index (κ1) is 12.0. The summed E-state index contributed by atoms with van der Waals surface area (Å²) in [6, 6.07) is 0. The molecule has 0 amide bonds. The summed E-state index contributed by atoms with van der Waals surface area (Å²) in [5.74, 6) is -1.35. The fourth-order valence-corrected chi connectivity index (χ4v) is 1.27. The molecule has 0 aromatic heterocycles. The van der Waals surface area contributed by atoms with E-state index in [0.717, 1.165) is 11.8 Å². The maximum Gasteiger partial charge on any atom is 0.330 e. The van der Waals surface area contributed by atoms with Crippen LogP contribution >= 0.6 is 11.8 Å². The van der Waals surface area contributed by atoms with Crippen LogP contribution in [0.25, 0.3) is 0 Å². The van der Waals surface area contributed by atoms with Gasteiger partial charge in [-0.15, -0.1) is 11.8 Å². The number of thioether (sulfide) groups is 1. The first-order valence-corrected chi connectivity index (χ1v) is 4.68. The molecule has 13 heavy (non-hydrogen) atoms. The molecular weight excluding hydrogens is 192 g/mol. The van der Waals surface area contributed by atoms with E-state index in [4.69, 9.17) is 5.11 Å². The zero-order valence-corrected chi connectivity index (χ0v) is 8.34. The topological polar surface area (TPSA) is 63.6 Å². The highest BCUT2D eigenvalue weighted by molar-refractivity contribution is 8.03. The number of carbonyl (C=O) groups excluding carboxylic acids is 1. The molecule has 1 N–H and O–H groups in total. The number of rotatable bonds is 5. The molecule has 0 aliphatic heterocycles. The van der Waals surface area contributed by atoms with Crippen molar-refractivity contribution in [1.82, 2.24) is 0 Å². The Morgan fingerprint density at radius 3 is 2.62 bits per heavy atom. The third-order valence-corrected chi connectivity index (χ3v) is 2.45. The Balaban J connectivity index is 3.91. The molecule has 1 atom stereocenters. The monoisotopic (exact) mass is 204 g/mol. The SMILES string of the molecule is CCC(S/C=C\C(=O)OC)C(=O)O. The molecule has 74 valence electrons. The van der Waals surface area contributed by atoms with Gasteiger partial charge in [0.1, 0.15) is 5.25 Å². The number of ether oxygens (including phenoxy) is 1. The molecule has 0 fully saturated rings. The smallest absolute Gasteiger partial charge is 0.330 e. The van der Waals surface area contributed by atoms with E-state index in [9.17, 15) is 9.59 Å². The van der Waals surface area contributed by atoms with Gasteiger partial charge in [-0.05, 0) is 11.8 Å². The van der Waals surface area contributed by atoms with Crippen molar-refractivity contribution in [3.05, 3.63) is 11.5 Å². The molecule has 0 heterocycles. The molecule has 4 nitrogen and oxygen atoms in total. The highest BCUT2D eigenvalue weighted by Crippen LogP contribution is 2.15. The molecule has 0 radical (unpaired) electrons. The summed E-state index contributed by atoms with van der Waals surface area (Å²) in [6.07, 6.45) is 1.72. The van der Waals surface area contributed by atoms with Crippen LogP contribution in [-0.2, 0) is 14.3 Å². The summed E-state index contributed by atoms with van der Waals surface area (Å²) < 4.78 is 4.34. The van der Waals surface area contributed by atoms with E-state index >= 15 is 0 Å². The Morgan fingerprint density at radius 1 is 1.62 bits per heavy atom. The van der Waals surface area contributed by atoms with Gasteiger partial charge in [-0.2, -0.15) is 0 Å². The quantitative estimate of drug-likeness (QED) is 0.539. The van der Waals surface area contributed by atoms with Crippen LogP contribution in [0, 0.1) is 0 Å². The van der Waals surface area contributed by atoms with E-state index in [1.165, 1.54) is 18.6 Å². The van der Waals surface area contributed by atoms with E-state index < -0.39 is 17.2 Å². The molecule has 0 aromatic carbocycles. The number of hydrogen-bond acceptors (Lipinski definition) is 4. The first-order valence-electron chi connectivity index (χ1n) is 3.74. The number of carboxylic acids is 1. The van der Waals surface area contributed by atoms with Gasteiger partial charge in [0.25, 0.3) is 0 Å². The highest BCUT2D eigenvalue weighted by Gasteiger charge is 2.13. The van der Waals surface area contributed by atoms with Gasteiger partial charge in [-0.3, -0.25) is 4.79 Å². The third-order valence-electron chi connectivity index (χ3n) is 1.29.